The van der Waals surface area contributed by atoms with Gasteiger partial charge in [-0.25, -0.2) is 4.98 Å². The van der Waals surface area contributed by atoms with Crippen molar-refractivity contribution in [2.45, 2.75) is 0 Å². The van der Waals surface area contributed by atoms with E-state index in [9.17, 15) is 0 Å². The van der Waals surface area contributed by atoms with Crippen LogP contribution in [0.1, 0.15) is 0 Å². The largest absolute Gasteiger partial charge is 0.279 e. The molecule has 0 radical (unpaired) electrons. The molecule has 3 heteroatoms. The smallest absolute Gasteiger partial charge is 0.220 e. The van der Waals surface area contributed by atoms with Crippen LogP contribution in [0.4, 0.5) is 17.3 Å². The van der Waals surface area contributed by atoms with Crippen molar-refractivity contribution in [3.63, 3.8) is 0 Å². The fourth-order valence-electron chi connectivity index (χ4n) is 7.48. The fraction of sp³-hybridized carbons (Fsp3) is 0. The molecule has 0 amide bonds. The zero-order valence-electron chi connectivity index (χ0n) is 23.8. The number of rotatable bonds is 2. The monoisotopic (exact) mass is 559 g/mol. The van der Waals surface area contributed by atoms with Gasteiger partial charge in [-0.1, -0.05) is 121 Å². The van der Waals surface area contributed by atoms with E-state index in [-0.39, 0.29) is 0 Å². The number of benzene rings is 7. The topological polar surface area (TPSA) is 21.1 Å². The lowest BCUT2D eigenvalue weighted by Crippen LogP contribution is -2.15. The van der Waals surface area contributed by atoms with Crippen molar-refractivity contribution >= 4 is 39.1 Å². The second-order valence-electron chi connectivity index (χ2n) is 11.6. The maximum Gasteiger partial charge on any atom is 0.220 e. The average molecular weight is 560 g/mol. The maximum absolute atomic E-state index is 5.32. The van der Waals surface area contributed by atoms with Gasteiger partial charge in [-0.2, -0.15) is 0 Å². The van der Waals surface area contributed by atoms with Gasteiger partial charge in [-0.15, -0.1) is 0 Å². The third-order valence-corrected chi connectivity index (χ3v) is 9.31. The molecule has 3 nitrogen and oxygen atoms in total. The van der Waals surface area contributed by atoms with E-state index in [1.165, 1.54) is 55.3 Å². The molecule has 1 aromatic heterocycles. The summed E-state index contributed by atoms with van der Waals surface area (Å²) in [7, 11) is 0. The van der Waals surface area contributed by atoms with Crippen LogP contribution >= 0.6 is 0 Å². The van der Waals surface area contributed by atoms with E-state index >= 15 is 0 Å². The molecule has 0 fully saturated rings. The Kier molecular flexibility index (Phi) is 4.72. The first-order valence-electron chi connectivity index (χ1n) is 15.1. The molecular formula is C41H25N3. The molecule has 0 N–H and O–H groups in total. The van der Waals surface area contributed by atoms with Crippen LogP contribution in [0.15, 0.2) is 152 Å². The van der Waals surface area contributed by atoms with Gasteiger partial charge in [0.15, 0.2) is 0 Å². The molecule has 0 spiro atoms. The van der Waals surface area contributed by atoms with Crippen molar-refractivity contribution in [1.82, 2.24) is 9.55 Å². The minimum absolute atomic E-state index is 0.884. The molecule has 0 bridgehead atoms. The van der Waals surface area contributed by atoms with Crippen LogP contribution < -0.4 is 4.90 Å². The number of nitrogens with zero attached hydrogens (tertiary/aromatic N) is 3. The molecule has 0 unspecified atom stereocenters. The first-order chi connectivity index (χ1) is 21.9. The highest BCUT2D eigenvalue weighted by Gasteiger charge is 2.31. The van der Waals surface area contributed by atoms with E-state index in [1.54, 1.807) is 0 Å². The van der Waals surface area contributed by atoms with Gasteiger partial charge in [0.2, 0.25) is 5.95 Å². The quantitative estimate of drug-likeness (QED) is 0.210. The minimum Gasteiger partial charge on any atom is -0.279 e. The first kappa shape index (κ1) is 23.6. The number of imidazole rings is 1. The number of hydrogen-bond donors (Lipinski definition) is 0. The van der Waals surface area contributed by atoms with Gasteiger partial charge in [0.1, 0.15) is 0 Å². The molecule has 10 rings (SSSR count). The second-order valence-corrected chi connectivity index (χ2v) is 11.6. The Morgan fingerprint density at radius 2 is 0.864 bits per heavy atom. The molecule has 8 aromatic rings. The molecule has 44 heavy (non-hydrogen) atoms. The van der Waals surface area contributed by atoms with Gasteiger partial charge in [0, 0.05) is 16.7 Å². The molecule has 2 aliphatic rings. The normalized spacial score (nSPS) is 12.5. The molecule has 1 aliphatic carbocycles. The van der Waals surface area contributed by atoms with Gasteiger partial charge >= 0.3 is 0 Å². The molecule has 0 saturated carbocycles. The predicted molar refractivity (Wildman–Crippen MR) is 182 cm³/mol. The van der Waals surface area contributed by atoms with E-state index in [4.69, 9.17) is 4.98 Å². The summed E-state index contributed by atoms with van der Waals surface area (Å²) < 4.78 is 2.32. The zero-order chi connectivity index (χ0) is 28.8. The summed E-state index contributed by atoms with van der Waals surface area (Å²) in [6, 6.07) is 54.8. The number of hydrogen-bond acceptors (Lipinski definition) is 2. The summed E-state index contributed by atoms with van der Waals surface area (Å²) >= 11 is 0. The number of aromatic nitrogens is 2. The maximum atomic E-state index is 5.32. The molecular weight excluding hydrogens is 534 g/mol. The summed E-state index contributed by atoms with van der Waals surface area (Å²) in [4.78, 5) is 7.68. The van der Waals surface area contributed by atoms with Gasteiger partial charge in [-0.05, 0) is 68.9 Å². The number of anilines is 3. The van der Waals surface area contributed by atoms with Crippen LogP contribution in [0.25, 0.3) is 72.0 Å². The van der Waals surface area contributed by atoms with Gasteiger partial charge in [0.25, 0.3) is 0 Å². The Balaban J connectivity index is 1.30. The number of para-hydroxylation sites is 5. The third-order valence-electron chi connectivity index (χ3n) is 9.31. The minimum atomic E-state index is 0.884. The summed E-state index contributed by atoms with van der Waals surface area (Å²) in [5.41, 5.74) is 15.4. The SMILES string of the molecule is c1ccc2c(c1)-c1cccc3c(-c4ccccc4N4c5ccccc5-c5ccccc5-n5c4nc4ccccc45)ccc-2c13. The highest BCUT2D eigenvalue weighted by Crippen LogP contribution is 2.53. The van der Waals surface area contributed by atoms with Gasteiger partial charge < -0.3 is 0 Å². The lowest BCUT2D eigenvalue weighted by Gasteiger charge is -2.27. The Morgan fingerprint density at radius 3 is 1.59 bits per heavy atom. The molecule has 204 valence electrons. The average Bonchev–Trinajstić information content (AvgIpc) is 3.59. The van der Waals surface area contributed by atoms with Gasteiger partial charge in [-0.3, -0.25) is 9.47 Å². The van der Waals surface area contributed by atoms with Crippen LogP contribution in [0.2, 0.25) is 0 Å². The Hall–Kier alpha value is -5.93. The van der Waals surface area contributed by atoms with Crippen LogP contribution in [-0.2, 0) is 0 Å². The molecule has 1 aliphatic heterocycles. The second kappa shape index (κ2) is 8.79. The number of fused-ring (bicyclic) bond motifs is 10. The van der Waals surface area contributed by atoms with E-state index in [0.29, 0.717) is 0 Å². The fourth-order valence-corrected chi connectivity index (χ4v) is 7.48. The van der Waals surface area contributed by atoms with E-state index < -0.39 is 0 Å². The van der Waals surface area contributed by atoms with Gasteiger partial charge in [0.05, 0.1) is 28.1 Å². The molecule has 7 aromatic carbocycles. The Labute approximate surface area is 254 Å². The standard InChI is InChI=1S/C41H25N3/c1-2-13-27-26(12-1)32-17-11-18-33-28(24-25-34(27)40(32)33)29-14-3-7-20-36(29)43-37-21-8-4-15-30(37)31-16-5-9-22-38(31)44-39-23-10-6-19-35(39)42-41(43)44/h1-25H. The van der Waals surface area contributed by atoms with Crippen molar-refractivity contribution in [2.75, 3.05) is 4.90 Å². The van der Waals surface area contributed by atoms with Crippen molar-refractivity contribution in [1.29, 1.82) is 0 Å². The summed E-state index contributed by atoms with van der Waals surface area (Å²) in [5, 5.41) is 2.60. The molecule has 0 atom stereocenters. The van der Waals surface area contributed by atoms with Crippen LogP contribution in [0.5, 0.6) is 0 Å². The zero-order valence-corrected chi connectivity index (χ0v) is 23.8. The van der Waals surface area contributed by atoms with E-state index in [0.717, 1.165) is 34.0 Å². The van der Waals surface area contributed by atoms with E-state index in [1.807, 2.05) is 0 Å². The predicted octanol–water partition coefficient (Wildman–Crippen LogP) is 10.9. The summed E-state index contributed by atoms with van der Waals surface area (Å²) in [5.74, 6) is 0.884. The third kappa shape index (κ3) is 3.08. The molecule has 0 saturated heterocycles. The van der Waals surface area contributed by atoms with Crippen molar-refractivity contribution < 1.29 is 0 Å². The van der Waals surface area contributed by atoms with Crippen LogP contribution in [-0.4, -0.2) is 9.55 Å². The molecule has 2 heterocycles. The highest BCUT2D eigenvalue weighted by molar-refractivity contribution is 6.19. The van der Waals surface area contributed by atoms with Crippen molar-refractivity contribution in [3.8, 4) is 50.2 Å². The first-order valence-corrected chi connectivity index (χ1v) is 15.1. The van der Waals surface area contributed by atoms with Crippen LogP contribution in [0, 0.1) is 0 Å². The van der Waals surface area contributed by atoms with Crippen molar-refractivity contribution in [2.24, 2.45) is 0 Å². The van der Waals surface area contributed by atoms with Crippen LogP contribution in [0.3, 0.4) is 0 Å². The van der Waals surface area contributed by atoms with E-state index in [2.05, 4.69) is 161 Å². The summed E-state index contributed by atoms with van der Waals surface area (Å²) in [6.45, 7) is 0. The highest BCUT2D eigenvalue weighted by atomic mass is 15.3. The Bertz CT molecular complexity index is 2440. The lowest BCUT2D eigenvalue weighted by molar-refractivity contribution is 1.05. The summed E-state index contributed by atoms with van der Waals surface area (Å²) in [6.07, 6.45) is 0. The van der Waals surface area contributed by atoms with Crippen molar-refractivity contribution in [3.05, 3.63) is 152 Å². The lowest BCUT2D eigenvalue weighted by atomic mass is 9.93. The Morgan fingerprint density at radius 1 is 0.364 bits per heavy atom.